The fourth-order valence-corrected chi connectivity index (χ4v) is 3.89. The lowest BCUT2D eigenvalue weighted by atomic mass is 9.92. The molecule has 1 saturated carbocycles. The van der Waals surface area contributed by atoms with Crippen LogP contribution in [-0.4, -0.2) is 17.4 Å². The molecule has 28 heavy (non-hydrogen) atoms. The highest BCUT2D eigenvalue weighted by Gasteiger charge is 2.46. The van der Waals surface area contributed by atoms with E-state index in [4.69, 9.17) is 0 Å². The van der Waals surface area contributed by atoms with Crippen molar-refractivity contribution in [3.63, 3.8) is 0 Å². The highest BCUT2D eigenvalue weighted by Crippen LogP contribution is 2.54. The molecule has 0 bridgehead atoms. The van der Waals surface area contributed by atoms with Gasteiger partial charge < -0.3 is 10.2 Å². The molecule has 1 amide bonds. The molecule has 1 N–H and O–H groups in total. The number of hydrogen-bond acceptors (Lipinski definition) is 3. The third-order valence-corrected chi connectivity index (χ3v) is 5.29. The molecule has 1 aromatic heterocycles. The van der Waals surface area contributed by atoms with E-state index in [0.717, 1.165) is 29.9 Å². The summed E-state index contributed by atoms with van der Waals surface area (Å²) in [6, 6.07) is 7.85. The number of carbonyl (C=O) groups excluding carboxylic acids is 1. The summed E-state index contributed by atoms with van der Waals surface area (Å²) >= 11 is 0. The van der Waals surface area contributed by atoms with Crippen molar-refractivity contribution in [3.05, 3.63) is 53.2 Å². The minimum Gasteiger partial charge on any atom is -0.365 e. The Morgan fingerprint density at radius 2 is 1.96 bits per heavy atom. The van der Waals surface area contributed by atoms with Gasteiger partial charge in [-0.15, -0.1) is 0 Å². The Morgan fingerprint density at radius 1 is 1.25 bits per heavy atom. The lowest BCUT2D eigenvalue weighted by Crippen LogP contribution is -2.30. The smallest absolute Gasteiger partial charge is 0.226 e. The standard InChI is InChI=1S/C22H25F2N3O/c1-22(2,3)10-19(28)25-21-17(24)9-18-20(26-21)16-8-14(16)12-27(18)11-13-4-6-15(23)7-5-13/h4-7,9,14,16H,8,10-12H2,1-3H3,(H,25,26,28)/t14-,16-/m1/s1. The third kappa shape index (κ3) is 4.01. The molecule has 1 fully saturated rings. The van der Waals surface area contributed by atoms with E-state index in [1.54, 1.807) is 12.1 Å². The van der Waals surface area contributed by atoms with Gasteiger partial charge in [-0.1, -0.05) is 32.9 Å². The number of amides is 1. The van der Waals surface area contributed by atoms with Crippen LogP contribution in [0, 0.1) is 23.0 Å². The van der Waals surface area contributed by atoms with Gasteiger partial charge in [0.1, 0.15) is 5.82 Å². The molecular weight excluding hydrogens is 360 g/mol. The first kappa shape index (κ1) is 18.8. The van der Waals surface area contributed by atoms with E-state index in [1.165, 1.54) is 18.2 Å². The average Bonchev–Trinajstić information content (AvgIpc) is 3.36. The Morgan fingerprint density at radius 3 is 2.64 bits per heavy atom. The van der Waals surface area contributed by atoms with Crippen molar-refractivity contribution < 1.29 is 13.6 Å². The Kier molecular flexibility index (Phi) is 4.60. The molecule has 2 aliphatic rings. The van der Waals surface area contributed by atoms with Crippen LogP contribution in [0.3, 0.4) is 0 Å². The summed E-state index contributed by atoms with van der Waals surface area (Å²) in [6.45, 7) is 7.31. The van der Waals surface area contributed by atoms with Crippen molar-refractivity contribution in [1.82, 2.24) is 4.98 Å². The lowest BCUT2D eigenvalue weighted by molar-refractivity contribution is -0.117. The molecule has 6 heteroatoms. The number of nitrogens with zero attached hydrogens (tertiary/aromatic N) is 2. The number of pyridine rings is 1. The van der Waals surface area contributed by atoms with Gasteiger partial charge in [0.2, 0.25) is 5.91 Å². The molecule has 1 aromatic carbocycles. The molecule has 2 atom stereocenters. The highest BCUT2D eigenvalue weighted by atomic mass is 19.1. The molecule has 1 aliphatic carbocycles. The first-order valence-corrected chi connectivity index (χ1v) is 9.69. The zero-order valence-electron chi connectivity index (χ0n) is 16.4. The van der Waals surface area contributed by atoms with Crippen LogP contribution in [0.1, 0.15) is 50.8 Å². The van der Waals surface area contributed by atoms with Gasteiger partial charge in [-0.2, -0.15) is 0 Å². The predicted octanol–water partition coefficient (Wildman–Crippen LogP) is 4.86. The number of halogens is 2. The number of carbonyl (C=O) groups is 1. The molecule has 2 aromatic rings. The lowest BCUT2D eigenvalue weighted by Gasteiger charge is -2.31. The second-order valence-corrected chi connectivity index (χ2v) is 9.12. The first-order chi connectivity index (χ1) is 13.2. The van der Waals surface area contributed by atoms with E-state index < -0.39 is 5.82 Å². The summed E-state index contributed by atoms with van der Waals surface area (Å²) in [5.41, 5.74) is 2.41. The number of nitrogens with one attached hydrogen (secondary N) is 1. The average molecular weight is 385 g/mol. The molecule has 0 saturated heterocycles. The number of rotatable bonds is 4. The fraction of sp³-hybridized carbons (Fsp3) is 0.455. The van der Waals surface area contributed by atoms with Gasteiger partial charge in [-0.05, 0) is 35.4 Å². The second-order valence-electron chi connectivity index (χ2n) is 9.12. The molecule has 4 nitrogen and oxygen atoms in total. The number of aromatic nitrogens is 1. The summed E-state index contributed by atoms with van der Waals surface area (Å²) < 4.78 is 27.9. The van der Waals surface area contributed by atoms with Crippen LogP contribution in [0.2, 0.25) is 0 Å². The van der Waals surface area contributed by atoms with E-state index in [-0.39, 0.29) is 23.0 Å². The van der Waals surface area contributed by atoms with E-state index in [1.807, 2.05) is 20.8 Å². The Hall–Kier alpha value is -2.50. The molecule has 0 spiro atoms. The summed E-state index contributed by atoms with van der Waals surface area (Å²) in [7, 11) is 0. The van der Waals surface area contributed by atoms with Gasteiger partial charge in [-0.25, -0.2) is 13.8 Å². The van der Waals surface area contributed by atoms with Crippen molar-refractivity contribution in [3.8, 4) is 0 Å². The third-order valence-electron chi connectivity index (χ3n) is 5.29. The summed E-state index contributed by atoms with van der Waals surface area (Å²) in [6.07, 6.45) is 1.33. The normalized spacial score (nSPS) is 20.4. The summed E-state index contributed by atoms with van der Waals surface area (Å²) in [5, 5.41) is 2.64. The number of fused-ring (bicyclic) bond motifs is 3. The topological polar surface area (TPSA) is 45.2 Å². The SMILES string of the molecule is CC(C)(C)CC(=O)Nc1nc2c(cc1F)N(Cc1ccc(F)cc1)C[C@H]1C[C@@H]21. The maximum absolute atomic E-state index is 14.7. The van der Waals surface area contributed by atoms with E-state index in [0.29, 0.717) is 24.8 Å². The largest absolute Gasteiger partial charge is 0.365 e. The summed E-state index contributed by atoms with van der Waals surface area (Å²) in [4.78, 5) is 18.8. The van der Waals surface area contributed by atoms with Crippen LogP contribution in [0.25, 0.3) is 0 Å². The zero-order chi connectivity index (χ0) is 20.1. The second kappa shape index (κ2) is 6.83. The first-order valence-electron chi connectivity index (χ1n) is 9.69. The molecule has 148 valence electrons. The fourth-order valence-electron chi connectivity index (χ4n) is 3.89. The minimum absolute atomic E-state index is 0.0160. The van der Waals surface area contributed by atoms with Crippen molar-refractivity contribution in [1.29, 1.82) is 0 Å². The highest BCUT2D eigenvalue weighted by molar-refractivity contribution is 5.90. The minimum atomic E-state index is -0.524. The predicted molar refractivity (Wildman–Crippen MR) is 105 cm³/mol. The molecule has 1 aliphatic heterocycles. The van der Waals surface area contributed by atoms with Crippen LogP contribution in [0.5, 0.6) is 0 Å². The molecular formula is C22H25F2N3O. The Bertz CT molecular complexity index is 905. The van der Waals surface area contributed by atoms with Gasteiger partial charge >= 0.3 is 0 Å². The van der Waals surface area contributed by atoms with Crippen molar-refractivity contribution in [2.75, 3.05) is 16.8 Å². The number of benzene rings is 1. The number of anilines is 2. The quantitative estimate of drug-likeness (QED) is 0.818. The van der Waals surface area contributed by atoms with Crippen molar-refractivity contribution in [2.24, 2.45) is 11.3 Å². The molecule has 0 unspecified atom stereocenters. The van der Waals surface area contributed by atoms with Gasteiger partial charge in [0, 0.05) is 31.5 Å². The van der Waals surface area contributed by atoms with Crippen molar-refractivity contribution >= 4 is 17.4 Å². The van der Waals surface area contributed by atoms with Crippen LogP contribution in [0.15, 0.2) is 30.3 Å². The van der Waals surface area contributed by atoms with Crippen LogP contribution in [-0.2, 0) is 11.3 Å². The zero-order valence-corrected chi connectivity index (χ0v) is 16.4. The van der Waals surface area contributed by atoms with Crippen LogP contribution in [0.4, 0.5) is 20.3 Å². The van der Waals surface area contributed by atoms with Crippen LogP contribution < -0.4 is 10.2 Å². The van der Waals surface area contributed by atoms with Gasteiger partial charge in [0.05, 0.1) is 11.4 Å². The Balaban J connectivity index is 1.58. The monoisotopic (exact) mass is 385 g/mol. The van der Waals surface area contributed by atoms with Crippen LogP contribution >= 0.6 is 0 Å². The van der Waals surface area contributed by atoms with E-state index >= 15 is 0 Å². The molecule has 0 radical (unpaired) electrons. The van der Waals surface area contributed by atoms with E-state index in [9.17, 15) is 13.6 Å². The van der Waals surface area contributed by atoms with Gasteiger partial charge in [0.15, 0.2) is 11.6 Å². The van der Waals surface area contributed by atoms with Crippen molar-refractivity contribution in [2.45, 2.75) is 46.1 Å². The maximum Gasteiger partial charge on any atom is 0.226 e. The Labute approximate surface area is 164 Å². The molecule has 2 heterocycles. The van der Waals surface area contributed by atoms with Gasteiger partial charge in [-0.3, -0.25) is 4.79 Å². The van der Waals surface area contributed by atoms with E-state index in [2.05, 4.69) is 15.2 Å². The summed E-state index contributed by atoms with van der Waals surface area (Å²) in [5.74, 6) is -0.174. The number of hydrogen-bond donors (Lipinski definition) is 1. The molecule has 4 rings (SSSR count). The van der Waals surface area contributed by atoms with Gasteiger partial charge in [0.25, 0.3) is 0 Å². The maximum atomic E-state index is 14.7.